The molecule has 2 aromatic rings. The molecule has 5 heteroatoms. The Balaban J connectivity index is 2.55. The van der Waals surface area contributed by atoms with Crippen molar-refractivity contribution in [2.75, 3.05) is 0 Å². The molecule has 0 bridgehead atoms. The largest absolute Gasteiger partial charge is 0.478 e. The van der Waals surface area contributed by atoms with Crippen LogP contribution < -0.4 is 0 Å². The van der Waals surface area contributed by atoms with Crippen LogP contribution in [0.5, 0.6) is 0 Å². The van der Waals surface area contributed by atoms with Gasteiger partial charge in [0.2, 0.25) is 0 Å². The van der Waals surface area contributed by atoms with Gasteiger partial charge in [0.1, 0.15) is 0 Å². The van der Waals surface area contributed by atoms with Crippen LogP contribution in [-0.2, 0) is 0 Å². The summed E-state index contributed by atoms with van der Waals surface area (Å²) in [5, 5.41) is 12.9. The zero-order chi connectivity index (χ0) is 10.8. The first-order chi connectivity index (χ1) is 7.18. The Morgan fingerprint density at radius 3 is 2.87 bits per heavy atom. The lowest BCUT2D eigenvalue weighted by Crippen LogP contribution is -2.01. The normalized spacial score (nSPS) is 10.2. The number of halogens is 1. The zero-order valence-electron chi connectivity index (χ0n) is 7.59. The molecular weight excluding hydrogens is 260 g/mol. The van der Waals surface area contributed by atoms with E-state index in [2.05, 4.69) is 21.0 Å². The smallest absolute Gasteiger partial charge is 0.335 e. The summed E-state index contributed by atoms with van der Waals surface area (Å²) < 4.78 is 2.41. The van der Waals surface area contributed by atoms with Gasteiger partial charge in [-0.05, 0) is 40.2 Å². The van der Waals surface area contributed by atoms with Crippen LogP contribution in [0.25, 0.3) is 5.69 Å². The molecule has 1 aromatic heterocycles. The van der Waals surface area contributed by atoms with Crippen LogP contribution in [0.1, 0.15) is 10.4 Å². The number of carbonyl (C=O) groups is 1. The van der Waals surface area contributed by atoms with Crippen molar-refractivity contribution < 1.29 is 9.90 Å². The Hall–Kier alpha value is -1.62. The van der Waals surface area contributed by atoms with Crippen LogP contribution in [0.15, 0.2) is 41.1 Å². The second-order valence-corrected chi connectivity index (χ2v) is 3.78. The van der Waals surface area contributed by atoms with E-state index in [0.717, 1.165) is 4.47 Å². The van der Waals surface area contributed by atoms with Gasteiger partial charge < -0.3 is 5.11 Å². The minimum absolute atomic E-state index is 0.240. The molecule has 0 unspecified atom stereocenters. The Kier molecular flexibility index (Phi) is 2.55. The van der Waals surface area contributed by atoms with E-state index < -0.39 is 5.97 Å². The third-order valence-corrected chi connectivity index (χ3v) is 2.61. The summed E-state index contributed by atoms with van der Waals surface area (Å²) in [6.07, 6.45) is 3.39. The van der Waals surface area contributed by atoms with Gasteiger partial charge in [0.05, 0.1) is 11.3 Å². The molecule has 2 rings (SSSR count). The Bertz CT molecular complexity index is 494. The molecular formula is C10H7BrN2O2. The van der Waals surface area contributed by atoms with Crippen molar-refractivity contribution in [3.05, 3.63) is 46.7 Å². The quantitative estimate of drug-likeness (QED) is 0.908. The van der Waals surface area contributed by atoms with E-state index >= 15 is 0 Å². The van der Waals surface area contributed by atoms with Crippen molar-refractivity contribution >= 4 is 21.9 Å². The molecule has 0 fully saturated rings. The van der Waals surface area contributed by atoms with E-state index in [0.29, 0.717) is 5.69 Å². The van der Waals surface area contributed by atoms with Crippen molar-refractivity contribution in [1.82, 2.24) is 9.78 Å². The first-order valence-corrected chi connectivity index (χ1v) is 5.00. The number of carboxylic acid groups (broad SMARTS) is 1. The lowest BCUT2D eigenvalue weighted by molar-refractivity contribution is 0.0697. The summed E-state index contributed by atoms with van der Waals surface area (Å²) in [5.74, 6) is -0.948. The molecule has 0 saturated carbocycles. The maximum atomic E-state index is 10.8. The minimum Gasteiger partial charge on any atom is -0.478 e. The molecule has 0 aliphatic rings. The number of benzene rings is 1. The van der Waals surface area contributed by atoms with Crippen LogP contribution in [0.2, 0.25) is 0 Å². The van der Waals surface area contributed by atoms with Gasteiger partial charge >= 0.3 is 5.97 Å². The number of aromatic carboxylic acids is 1. The standard InChI is InChI=1S/C10H7BrN2O2/c11-8-3-2-7(10(14)15)6-9(8)13-5-1-4-12-13/h1-6H,(H,14,15). The molecule has 1 aromatic carbocycles. The lowest BCUT2D eigenvalue weighted by Gasteiger charge is -2.05. The molecule has 0 aliphatic heterocycles. The van der Waals surface area contributed by atoms with Crippen LogP contribution in [-0.4, -0.2) is 20.9 Å². The number of hydrogen-bond donors (Lipinski definition) is 1. The van der Waals surface area contributed by atoms with Crippen molar-refractivity contribution in [2.45, 2.75) is 0 Å². The van der Waals surface area contributed by atoms with Gasteiger partial charge in [0.25, 0.3) is 0 Å². The molecule has 0 aliphatic carbocycles. The summed E-state index contributed by atoms with van der Waals surface area (Å²) in [7, 11) is 0. The van der Waals surface area contributed by atoms with Crippen LogP contribution in [0.3, 0.4) is 0 Å². The predicted molar refractivity (Wildman–Crippen MR) is 58.2 cm³/mol. The number of hydrogen-bond acceptors (Lipinski definition) is 2. The molecule has 15 heavy (non-hydrogen) atoms. The fourth-order valence-electron chi connectivity index (χ4n) is 1.23. The highest BCUT2D eigenvalue weighted by atomic mass is 79.9. The second-order valence-electron chi connectivity index (χ2n) is 2.92. The van der Waals surface area contributed by atoms with Crippen LogP contribution >= 0.6 is 15.9 Å². The predicted octanol–water partition coefficient (Wildman–Crippen LogP) is 2.33. The fourth-order valence-corrected chi connectivity index (χ4v) is 1.66. The molecule has 0 spiro atoms. The van der Waals surface area contributed by atoms with Crippen molar-refractivity contribution in [1.29, 1.82) is 0 Å². The molecule has 76 valence electrons. The third-order valence-electron chi connectivity index (χ3n) is 1.94. The molecule has 4 nitrogen and oxygen atoms in total. The monoisotopic (exact) mass is 266 g/mol. The van der Waals surface area contributed by atoms with Gasteiger partial charge in [0, 0.05) is 16.9 Å². The Labute approximate surface area is 94.3 Å². The molecule has 0 saturated heterocycles. The minimum atomic E-state index is -0.948. The second kappa shape index (κ2) is 3.86. The van der Waals surface area contributed by atoms with E-state index in [1.54, 1.807) is 41.3 Å². The highest BCUT2D eigenvalue weighted by Gasteiger charge is 2.08. The molecule has 1 N–H and O–H groups in total. The van der Waals surface area contributed by atoms with E-state index in [9.17, 15) is 4.79 Å². The van der Waals surface area contributed by atoms with Crippen molar-refractivity contribution in [3.8, 4) is 5.69 Å². The molecule has 0 radical (unpaired) electrons. The number of carboxylic acids is 1. The number of aromatic nitrogens is 2. The summed E-state index contributed by atoms with van der Waals surface area (Å²) in [6, 6.07) is 6.58. The number of nitrogens with zero attached hydrogens (tertiary/aromatic N) is 2. The van der Waals surface area contributed by atoms with Gasteiger partial charge in [-0.3, -0.25) is 0 Å². The molecule has 0 atom stereocenters. The maximum Gasteiger partial charge on any atom is 0.335 e. The van der Waals surface area contributed by atoms with E-state index in [-0.39, 0.29) is 5.56 Å². The Morgan fingerprint density at radius 2 is 2.27 bits per heavy atom. The average molecular weight is 267 g/mol. The lowest BCUT2D eigenvalue weighted by atomic mass is 10.2. The maximum absolute atomic E-state index is 10.8. The SMILES string of the molecule is O=C(O)c1ccc(Br)c(-n2cccn2)c1. The topological polar surface area (TPSA) is 55.1 Å². The Morgan fingerprint density at radius 1 is 1.47 bits per heavy atom. The third kappa shape index (κ3) is 1.92. The van der Waals surface area contributed by atoms with E-state index in [1.165, 1.54) is 0 Å². The van der Waals surface area contributed by atoms with E-state index in [1.807, 2.05) is 0 Å². The highest BCUT2D eigenvalue weighted by molar-refractivity contribution is 9.10. The number of rotatable bonds is 2. The molecule has 0 amide bonds. The highest BCUT2D eigenvalue weighted by Crippen LogP contribution is 2.21. The van der Waals surface area contributed by atoms with Crippen molar-refractivity contribution in [2.24, 2.45) is 0 Å². The van der Waals surface area contributed by atoms with Crippen molar-refractivity contribution in [3.63, 3.8) is 0 Å². The first-order valence-electron chi connectivity index (χ1n) is 4.21. The first kappa shape index (κ1) is 9.92. The van der Waals surface area contributed by atoms with Gasteiger partial charge in [0.15, 0.2) is 0 Å². The average Bonchev–Trinajstić information content (AvgIpc) is 2.71. The van der Waals surface area contributed by atoms with Gasteiger partial charge in [-0.15, -0.1) is 0 Å². The molecule has 1 heterocycles. The van der Waals surface area contributed by atoms with Crippen LogP contribution in [0, 0.1) is 0 Å². The summed E-state index contributed by atoms with van der Waals surface area (Å²) in [5.41, 5.74) is 0.948. The van der Waals surface area contributed by atoms with E-state index in [4.69, 9.17) is 5.11 Å². The summed E-state index contributed by atoms with van der Waals surface area (Å²) in [6.45, 7) is 0. The van der Waals surface area contributed by atoms with Crippen LogP contribution in [0.4, 0.5) is 0 Å². The zero-order valence-corrected chi connectivity index (χ0v) is 9.18. The summed E-state index contributed by atoms with van der Waals surface area (Å²) in [4.78, 5) is 10.8. The van der Waals surface area contributed by atoms with Gasteiger partial charge in [-0.1, -0.05) is 0 Å². The summed E-state index contributed by atoms with van der Waals surface area (Å²) >= 11 is 3.35. The fraction of sp³-hybridized carbons (Fsp3) is 0. The van der Waals surface area contributed by atoms with Gasteiger partial charge in [-0.2, -0.15) is 5.10 Å². The van der Waals surface area contributed by atoms with Gasteiger partial charge in [-0.25, -0.2) is 9.48 Å².